The summed E-state index contributed by atoms with van der Waals surface area (Å²) in [6, 6.07) is 15.0. The van der Waals surface area contributed by atoms with Crippen LogP contribution in [0.4, 0.5) is 4.39 Å². The molecule has 1 aliphatic rings. The van der Waals surface area contributed by atoms with E-state index in [9.17, 15) is 9.18 Å². The Kier molecular flexibility index (Phi) is 7.26. The van der Waals surface area contributed by atoms with Crippen molar-refractivity contribution in [3.63, 3.8) is 0 Å². The van der Waals surface area contributed by atoms with E-state index in [4.69, 9.17) is 16.3 Å². The summed E-state index contributed by atoms with van der Waals surface area (Å²) in [4.78, 5) is 19.5. The molecule has 0 spiro atoms. The Balaban J connectivity index is 1.55. The average Bonchev–Trinajstić information content (AvgIpc) is 3.25. The molecule has 7 heteroatoms. The first-order chi connectivity index (χ1) is 17.5. The van der Waals surface area contributed by atoms with Gasteiger partial charge in [0, 0.05) is 39.9 Å². The summed E-state index contributed by atoms with van der Waals surface area (Å²) < 4.78 is 20.9. The second-order valence-electron chi connectivity index (χ2n) is 9.52. The molecule has 0 aliphatic heterocycles. The van der Waals surface area contributed by atoms with Crippen molar-refractivity contribution in [2.45, 2.75) is 45.2 Å². The van der Waals surface area contributed by atoms with E-state index in [0.717, 1.165) is 48.1 Å². The molecule has 0 radical (unpaired) electrons. The van der Waals surface area contributed by atoms with E-state index >= 15 is 0 Å². The van der Waals surface area contributed by atoms with Crippen molar-refractivity contribution < 1.29 is 18.9 Å². The number of aromatic amines is 1. The molecule has 0 unspecified atom stereocenters. The van der Waals surface area contributed by atoms with Crippen molar-refractivity contribution in [1.82, 2.24) is 4.90 Å². The zero-order chi connectivity index (χ0) is 25.2. The van der Waals surface area contributed by atoms with Crippen LogP contribution in [0.25, 0.3) is 21.2 Å². The fourth-order valence-corrected chi connectivity index (χ4v) is 6.61. The molecular weight excluding hydrogens is 495 g/mol. The third-order valence-corrected chi connectivity index (χ3v) is 8.78. The molecule has 1 saturated carbocycles. The van der Waals surface area contributed by atoms with Gasteiger partial charge in [-0.25, -0.2) is 9.37 Å². The first kappa shape index (κ1) is 24.7. The van der Waals surface area contributed by atoms with Gasteiger partial charge in [-0.1, -0.05) is 30.7 Å². The van der Waals surface area contributed by atoms with Gasteiger partial charge in [0.15, 0.2) is 12.4 Å². The molecule has 2 heterocycles. The summed E-state index contributed by atoms with van der Waals surface area (Å²) in [7, 11) is 1.65. The summed E-state index contributed by atoms with van der Waals surface area (Å²) in [5, 5.41) is 0.525. The zero-order valence-corrected chi connectivity index (χ0v) is 22.0. The Morgan fingerprint density at radius 3 is 2.64 bits per heavy atom. The predicted molar refractivity (Wildman–Crippen MR) is 143 cm³/mol. The van der Waals surface area contributed by atoms with E-state index in [0.29, 0.717) is 27.4 Å². The zero-order valence-electron chi connectivity index (χ0n) is 20.4. The lowest BCUT2D eigenvalue weighted by Gasteiger charge is -2.36. The molecule has 186 valence electrons. The Hall–Kier alpha value is -2.96. The van der Waals surface area contributed by atoms with E-state index in [-0.39, 0.29) is 17.0 Å². The Labute approximate surface area is 219 Å². The van der Waals surface area contributed by atoms with E-state index < -0.39 is 5.82 Å². The summed E-state index contributed by atoms with van der Waals surface area (Å²) in [6.45, 7) is 2.65. The predicted octanol–water partition coefficient (Wildman–Crippen LogP) is 7.40. The first-order valence-electron chi connectivity index (χ1n) is 12.3. The minimum atomic E-state index is -0.403. The molecular formula is C29H29ClFN2O2S+. The van der Waals surface area contributed by atoms with Crippen molar-refractivity contribution >= 4 is 38.9 Å². The number of nitrogens with one attached hydrogen (secondary N) is 1. The monoisotopic (exact) mass is 523 g/mol. The third-order valence-electron chi connectivity index (χ3n) is 7.15. The summed E-state index contributed by atoms with van der Waals surface area (Å²) in [5.41, 5.74) is 3.01. The molecule has 4 nitrogen and oxygen atoms in total. The van der Waals surface area contributed by atoms with Crippen molar-refractivity contribution in [2.24, 2.45) is 5.92 Å². The highest BCUT2D eigenvalue weighted by Crippen LogP contribution is 2.39. The van der Waals surface area contributed by atoms with Gasteiger partial charge in [0.25, 0.3) is 5.91 Å². The van der Waals surface area contributed by atoms with Crippen LogP contribution in [-0.2, 0) is 6.54 Å². The van der Waals surface area contributed by atoms with Gasteiger partial charge in [-0.05, 0) is 67.5 Å². The van der Waals surface area contributed by atoms with E-state index in [1.165, 1.54) is 17.4 Å². The maximum absolute atomic E-state index is 14.6. The van der Waals surface area contributed by atoms with Gasteiger partial charge in [0.1, 0.15) is 16.4 Å². The van der Waals surface area contributed by atoms with Crippen LogP contribution in [0.1, 0.15) is 47.8 Å². The number of hydrogen-bond donors (Lipinski definition) is 0. The number of hydrogen-bond acceptors (Lipinski definition) is 3. The van der Waals surface area contributed by atoms with E-state index in [1.807, 2.05) is 47.6 Å². The number of carbonyl (C=O) groups is 1. The van der Waals surface area contributed by atoms with Gasteiger partial charge in [-0.15, -0.1) is 11.3 Å². The van der Waals surface area contributed by atoms with Crippen LogP contribution in [0.15, 0.2) is 60.9 Å². The molecule has 5 rings (SSSR count). The second kappa shape index (κ2) is 10.6. The molecule has 2 aromatic carbocycles. The van der Waals surface area contributed by atoms with Crippen molar-refractivity contribution in [3.05, 3.63) is 82.2 Å². The Bertz CT molecular complexity index is 1380. The minimum Gasteiger partial charge on any atom is -0.496 e. The summed E-state index contributed by atoms with van der Waals surface area (Å²) >= 11 is 7.89. The van der Waals surface area contributed by atoms with Crippen molar-refractivity contribution in [1.29, 1.82) is 0 Å². The number of H-pyrrole nitrogens is 1. The standard InChI is InChI=1S/C29H28ClFN2O2S/c1-18-8-11-22(12-9-18)33(29(34)28-27(30)26-23(31)6-3-7-25(26)36-28)17-21-15-19(10-13-24(21)35-2)20-5-4-14-32-16-20/h3-7,10,13-16,18,22H,8-9,11-12,17H2,1-2H3/p+1. The smallest absolute Gasteiger partial charge is 0.266 e. The Morgan fingerprint density at radius 2 is 1.94 bits per heavy atom. The van der Waals surface area contributed by atoms with Gasteiger partial charge < -0.3 is 9.64 Å². The largest absolute Gasteiger partial charge is 0.496 e. The number of amides is 1. The van der Waals surface area contributed by atoms with Crippen molar-refractivity contribution in [3.8, 4) is 16.9 Å². The molecule has 0 saturated heterocycles. The molecule has 1 aliphatic carbocycles. The maximum Gasteiger partial charge on any atom is 0.266 e. The van der Waals surface area contributed by atoms with Crippen molar-refractivity contribution in [2.75, 3.05) is 7.11 Å². The number of benzene rings is 2. The molecule has 1 fully saturated rings. The average molecular weight is 524 g/mol. The molecule has 0 atom stereocenters. The second-order valence-corrected chi connectivity index (χ2v) is 11.0. The first-order valence-corrected chi connectivity index (χ1v) is 13.5. The minimum absolute atomic E-state index is 0.0817. The van der Waals surface area contributed by atoms with Gasteiger partial charge in [0.2, 0.25) is 0 Å². The molecule has 36 heavy (non-hydrogen) atoms. The lowest BCUT2D eigenvalue weighted by atomic mass is 9.86. The quantitative estimate of drug-likeness (QED) is 0.264. The Morgan fingerprint density at radius 1 is 1.14 bits per heavy atom. The third kappa shape index (κ3) is 4.84. The normalized spacial score (nSPS) is 17.8. The van der Waals surface area contributed by atoms with Crippen LogP contribution in [0, 0.1) is 11.7 Å². The van der Waals surface area contributed by atoms with Crippen LogP contribution < -0.4 is 9.72 Å². The lowest BCUT2D eigenvalue weighted by Crippen LogP contribution is -2.41. The summed E-state index contributed by atoms with van der Waals surface area (Å²) in [5.74, 6) is 0.821. The molecule has 0 bridgehead atoms. The number of methoxy groups -OCH3 is 1. The van der Waals surface area contributed by atoms with E-state index in [1.54, 1.807) is 13.2 Å². The topological polar surface area (TPSA) is 43.7 Å². The summed E-state index contributed by atoms with van der Waals surface area (Å²) in [6.07, 6.45) is 7.82. The number of pyridine rings is 1. The number of aromatic nitrogens is 1. The van der Waals surface area contributed by atoms with Crippen LogP contribution in [0.3, 0.4) is 0 Å². The SMILES string of the molecule is COc1ccc(-c2ccc[nH+]c2)cc1CN(C(=O)c1sc2cccc(F)c2c1Cl)C1CCC(C)CC1. The number of rotatable bonds is 6. The fourth-order valence-electron chi connectivity index (χ4n) is 5.10. The van der Waals surface area contributed by atoms with Gasteiger partial charge in [-0.3, -0.25) is 4.79 Å². The van der Waals surface area contributed by atoms with Gasteiger partial charge in [0.05, 0.1) is 12.1 Å². The van der Waals surface area contributed by atoms with E-state index in [2.05, 4.69) is 18.0 Å². The number of fused-ring (bicyclic) bond motifs is 1. The molecule has 1 N–H and O–H groups in total. The molecule has 4 aromatic rings. The van der Waals surface area contributed by atoms with Crippen LogP contribution in [0.2, 0.25) is 5.02 Å². The number of halogens is 2. The molecule has 2 aromatic heterocycles. The maximum atomic E-state index is 14.6. The fraction of sp³-hybridized carbons (Fsp3) is 0.310. The molecule has 1 amide bonds. The lowest BCUT2D eigenvalue weighted by molar-refractivity contribution is -0.377. The van der Waals surface area contributed by atoms with Crippen LogP contribution >= 0.6 is 22.9 Å². The number of ether oxygens (including phenoxy) is 1. The number of carbonyl (C=O) groups excluding carboxylic acids is 1. The highest BCUT2D eigenvalue weighted by atomic mass is 35.5. The van der Waals surface area contributed by atoms with Gasteiger partial charge in [-0.2, -0.15) is 0 Å². The highest BCUT2D eigenvalue weighted by molar-refractivity contribution is 7.21. The number of thiophene rings is 1. The number of nitrogens with zero attached hydrogens (tertiary/aromatic N) is 1. The van der Waals surface area contributed by atoms with Crippen LogP contribution in [0.5, 0.6) is 5.75 Å². The highest BCUT2D eigenvalue weighted by Gasteiger charge is 2.32. The van der Waals surface area contributed by atoms with Crippen LogP contribution in [-0.4, -0.2) is 24.0 Å². The van der Waals surface area contributed by atoms with Gasteiger partial charge >= 0.3 is 0 Å².